The van der Waals surface area contributed by atoms with Crippen molar-refractivity contribution in [2.24, 2.45) is 5.92 Å². The first-order valence-electron chi connectivity index (χ1n) is 8.33. The highest BCUT2D eigenvalue weighted by Crippen LogP contribution is 2.38. The first kappa shape index (κ1) is 16.0. The Morgan fingerprint density at radius 2 is 2.04 bits per heavy atom. The van der Waals surface area contributed by atoms with Gasteiger partial charge in [0.1, 0.15) is 0 Å². The van der Waals surface area contributed by atoms with Gasteiger partial charge in [0.15, 0.2) is 0 Å². The number of nitrogens with one attached hydrogen (secondary N) is 1. The van der Waals surface area contributed by atoms with Gasteiger partial charge in [-0.25, -0.2) is 0 Å². The van der Waals surface area contributed by atoms with E-state index in [1.54, 1.807) is 0 Å². The number of fused-ring (bicyclic) bond motifs is 2. The van der Waals surface area contributed by atoms with Gasteiger partial charge in [-0.3, -0.25) is 9.59 Å². The van der Waals surface area contributed by atoms with Crippen molar-refractivity contribution in [2.45, 2.75) is 56.8 Å². The van der Waals surface area contributed by atoms with E-state index in [1.165, 1.54) is 0 Å². The number of amides is 1. The molecule has 0 saturated carbocycles. The van der Waals surface area contributed by atoms with Crippen molar-refractivity contribution < 1.29 is 19.4 Å². The maximum absolute atomic E-state index is 12.5. The average Bonchev–Trinajstić information content (AvgIpc) is 3.16. The number of carbonyl (C=O) groups excluding carboxylic acids is 1. The standard InChI is InChI=1S/C18H23NO4/c20-17(21)9-6-13(10-12-4-2-1-3-5-12)19-18(22)15-11-14-7-8-16(15)23-14/h1-5,13-16H,6-11H2,(H,19,22)(H,20,21). The molecule has 2 N–H and O–H groups in total. The Kier molecular flexibility index (Phi) is 4.96. The van der Waals surface area contributed by atoms with Gasteiger partial charge < -0.3 is 15.2 Å². The van der Waals surface area contributed by atoms with Crippen LogP contribution in [0.15, 0.2) is 30.3 Å². The molecule has 3 rings (SSSR count). The number of rotatable bonds is 7. The minimum atomic E-state index is -0.833. The SMILES string of the molecule is O=C(O)CCC(Cc1ccccc1)NC(=O)C1CC2CCC1O2. The molecule has 4 unspecified atom stereocenters. The van der Waals surface area contributed by atoms with E-state index in [0.29, 0.717) is 12.8 Å². The summed E-state index contributed by atoms with van der Waals surface area (Å²) in [5, 5.41) is 12.0. The number of aliphatic carboxylic acids is 1. The van der Waals surface area contributed by atoms with E-state index in [0.717, 1.165) is 24.8 Å². The zero-order valence-electron chi connectivity index (χ0n) is 13.1. The molecule has 124 valence electrons. The zero-order valence-corrected chi connectivity index (χ0v) is 13.1. The highest BCUT2D eigenvalue weighted by Gasteiger charge is 2.44. The predicted molar refractivity (Wildman–Crippen MR) is 84.9 cm³/mol. The molecule has 0 radical (unpaired) electrons. The number of carboxylic acids is 1. The third kappa shape index (κ3) is 4.10. The second-order valence-electron chi connectivity index (χ2n) is 6.54. The summed E-state index contributed by atoms with van der Waals surface area (Å²) >= 11 is 0. The molecular formula is C18H23NO4. The number of benzene rings is 1. The van der Waals surface area contributed by atoms with Crippen molar-refractivity contribution in [1.82, 2.24) is 5.32 Å². The molecule has 2 bridgehead atoms. The fraction of sp³-hybridized carbons (Fsp3) is 0.556. The van der Waals surface area contributed by atoms with Crippen molar-refractivity contribution in [2.75, 3.05) is 0 Å². The van der Waals surface area contributed by atoms with Crippen LogP contribution in [0, 0.1) is 5.92 Å². The highest BCUT2D eigenvalue weighted by molar-refractivity contribution is 5.80. The lowest BCUT2D eigenvalue weighted by Crippen LogP contribution is -2.43. The first-order valence-corrected chi connectivity index (χ1v) is 8.33. The minimum absolute atomic E-state index is 0.0171. The Bertz CT molecular complexity index is 559. The van der Waals surface area contributed by atoms with E-state index in [-0.39, 0.29) is 36.5 Å². The number of hydrogen-bond donors (Lipinski definition) is 2. The van der Waals surface area contributed by atoms with Gasteiger partial charge in [0.2, 0.25) is 5.91 Å². The second kappa shape index (κ2) is 7.13. The highest BCUT2D eigenvalue weighted by atomic mass is 16.5. The van der Waals surface area contributed by atoms with E-state index in [4.69, 9.17) is 9.84 Å². The summed E-state index contributed by atoms with van der Waals surface area (Å²) in [5.74, 6) is -0.888. The van der Waals surface area contributed by atoms with E-state index in [2.05, 4.69) is 5.32 Å². The zero-order chi connectivity index (χ0) is 16.2. The minimum Gasteiger partial charge on any atom is -0.481 e. The van der Waals surface area contributed by atoms with Crippen molar-refractivity contribution in [3.8, 4) is 0 Å². The Morgan fingerprint density at radius 3 is 2.65 bits per heavy atom. The molecule has 23 heavy (non-hydrogen) atoms. The van der Waals surface area contributed by atoms with E-state index in [9.17, 15) is 9.59 Å². The Hall–Kier alpha value is -1.88. The van der Waals surface area contributed by atoms with Crippen molar-refractivity contribution in [3.63, 3.8) is 0 Å². The van der Waals surface area contributed by atoms with Crippen LogP contribution >= 0.6 is 0 Å². The molecule has 1 amide bonds. The predicted octanol–water partition coefficient (Wildman–Crippen LogP) is 2.15. The van der Waals surface area contributed by atoms with Crippen LogP contribution in [-0.2, 0) is 20.7 Å². The lowest BCUT2D eigenvalue weighted by Gasteiger charge is -2.23. The monoisotopic (exact) mass is 317 g/mol. The lowest BCUT2D eigenvalue weighted by atomic mass is 9.88. The maximum atomic E-state index is 12.5. The van der Waals surface area contributed by atoms with Gasteiger partial charge >= 0.3 is 5.97 Å². The van der Waals surface area contributed by atoms with Gasteiger partial charge in [0, 0.05) is 12.5 Å². The van der Waals surface area contributed by atoms with Crippen LogP contribution in [0.2, 0.25) is 0 Å². The fourth-order valence-electron chi connectivity index (χ4n) is 3.64. The molecule has 2 fully saturated rings. The first-order chi connectivity index (χ1) is 11.1. The number of hydrogen-bond acceptors (Lipinski definition) is 3. The number of carbonyl (C=O) groups is 2. The topological polar surface area (TPSA) is 75.6 Å². The Balaban J connectivity index is 1.60. The summed E-state index contributed by atoms with van der Waals surface area (Å²) in [6.45, 7) is 0. The normalized spacial score (nSPS) is 26.9. The molecule has 5 heteroatoms. The molecule has 4 atom stereocenters. The van der Waals surface area contributed by atoms with Gasteiger partial charge in [-0.2, -0.15) is 0 Å². The fourth-order valence-corrected chi connectivity index (χ4v) is 3.64. The van der Waals surface area contributed by atoms with Crippen LogP contribution in [-0.4, -0.2) is 35.2 Å². The van der Waals surface area contributed by atoms with E-state index in [1.807, 2.05) is 30.3 Å². The Morgan fingerprint density at radius 1 is 1.26 bits per heavy atom. The van der Waals surface area contributed by atoms with Crippen molar-refractivity contribution in [1.29, 1.82) is 0 Å². The summed E-state index contributed by atoms with van der Waals surface area (Å²) in [4.78, 5) is 23.4. The third-order valence-electron chi connectivity index (χ3n) is 4.82. The molecule has 0 aromatic heterocycles. The van der Waals surface area contributed by atoms with Gasteiger partial charge in [0.05, 0.1) is 18.1 Å². The van der Waals surface area contributed by atoms with Crippen LogP contribution in [0.1, 0.15) is 37.7 Å². The molecule has 5 nitrogen and oxygen atoms in total. The summed E-state index contributed by atoms with van der Waals surface area (Å²) < 4.78 is 5.75. The Labute approximate surface area is 136 Å². The number of carboxylic acid groups (broad SMARTS) is 1. The van der Waals surface area contributed by atoms with Crippen LogP contribution in [0.3, 0.4) is 0 Å². The molecule has 1 aromatic carbocycles. The summed E-state index contributed by atoms with van der Waals surface area (Å²) in [6, 6.07) is 9.70. The van der Waals surface area contributed by atoms with Gasteiger partial charge in [-0.1, -0.05) is 30.3 Å². The van der Waals surface area contributed by atoms with Crippen LogP contribution in [0.25, 0.3) is 0 Å². The average molecular weight is 317 g/mol. The molecule has 0 spiro atoms. The van der Waals surface area contributed by atoms with Crippen LogP contribution < -0.4 is 5.32 Å². The van der Waals surface area contributed by atoms with Crippen molar-refractivity contribution >= 4 is 11.9 Å². The van der Waals surface area contributed by atoms with E-state index < -0.39 is 5.97 Å². The quantitative estimate of drug-likeness (QED) is 0.808. The van der Waals surface area contributed by atoms with E-state index >= 15 is 0 Å². The van der Waals surface area contributed by atoms with Crippen LogP contribution in [0.4, 0.5) is 0 Å². The molecule has 0 aliphatic carbocycles. The molecule has 2 aliphatic rings. The molecular weight excluding hydrogens is 294 g/mol. The summed E-state index contributed by atoms with van der Waals surface area (Å²) in [5.41, 5.74) is 1.10. The second-order valence-corrected chi connectivity index (χ2v) is 6.54. The van der Waals surface area contributed by atoms with Gasteiger partial charge in [-0.05, 0) is 37.7 Å². The van der Waals surface area contributed by atoms with Crippen LogP contribution in [0.5, 0.6) is 0 Å². The smallest absolute Gasteiger partial charge is 0.303 e. The molecule has 2 saturated heterocycles. The summed E-state index contributed by atoms with van der Waals surface area (Å²) in [6.07, 6.45) is 4.26. The van der Waals surface area contributed by atoms with Gasteiger partial charge in [-0.15, -0.1) is 0 Å². The third-order valence-corrected chi connectivity index (χ3v) is 4.82. The van der Waals surface area contributed by atoms with Crippen molar-refractivity contribution in [3.05, 3.63) is 35.9 Å². The maximum Gasteiger partial charge on any atom is 0.303 e. The van der Waals surface area contributed by atoms with Gasteiger partial charge in [0.25, 0.3) is 0 Å². The molecule has 2 aliphatic heterocycles. The summed E-state index contributed by atoms with van der Waals surface area (Å²) in [7, 11) is 0. The largest absolute Gasteiger partial charge is 0.481 e. The number of ether oxygens (including phenoxy) is 1. The molecule has 1 aromatic rings. The lowest BCUT2D eigenvalue weighted by molar-refractivity contribution is -0.137. The molecule has 2 heterocycles.